The van der Waals surface area contributed by atoms with Crippen molar-refractivity contribution in [2.45, 2.75) is 138 Å². The van der Waals surface area contributed by atoms with Crippen LogP contribution in [0.2, 0.25) is 0 Å². The van der Waals surface area contributed by atoms with E-state index in [0.29, 0.717) is 6.42 Å². The van der Waals surface area contributed by atoms with E-state index in [1.54, 1.807) is 69.2 Å². The van der Waals surface area contributed by atoms with Crippen molar-refractivity contribution in [3.63, 3.8) is 0 Å². The van der Waals surface area contributed by atoms with E-state index >= 15 is 0 Å². The molecule has 1 heterocycles. The van der Waals surface area contributed by atoms with E-state index in [1.165, 1.54) is 33.0 Å². The number of hydrogen-bond acceptors (Lipinski definition) is 10. The van der Waals surface area contributed by atoms with Crippen LogP contribution >= 0.6 is 0 Å². The molecule has 0 aromatic heterocycles. The van der Waals surface area contributed by atoms with Crippen molar-refractivity contribution in [3.8, 4) is 0 Å². The molecule has 1 fully saturated rings. The summed E-state index contributed by atoms with van der Waals surface area (Å²) in [5, 5.41) is 11.3. The first kappa shape index (κ1) is 42.8. The van der Waals surface area contributed by atoms with Gasteiger partial charge in [-0.05, 0) is 43.4 Å². The van der Waals surface area contributed by atoms with Crippen molar-refractivity contribution in [2.75, 3.05) is 21.1 Å². The lowest BCUT2D eigenvalue weighted by Crippen LogP contribution is -2.60. The summed E-state index contributed by atoms with van der Waals surface area (Å²) in [7, 11) is 4.15. The number of aliphatic hydroxyl groups is 1. The Kier molecular flexibility index (Phi) is 15.6. The fraction of sp³-hybridized carbons (Fsp3) is 0.829. The van der Waals surface area contributed by atoms with Gasteiger partial charge in [-0.15, -0.1) is 0 Å². The SMILES string of the molecule is CC[C@H](C)[C@H]1OC(=O)[C@H](C(C)C)N(C)C(=O)[C@@H]([C@](C)(O)CC)OC(=O)[C@H](C(C)C)N(C)C(=O)[C@@H](C(C)C)OC(=O)[C@H](C(C)C)N(C)C1=O. The molecule has 0 unspecified atom stereocenters. The number of cyclic esters (lactones) is 3. The van der Waals surface area contributed by atoms with Crippen LogP contribution in [0.4, 0.5) is 0 Å². The number of carbonyl (C=O) groups is 6. The minimum absolute atomic E-state index is 0.00174. The predicted octanol–water partition coefficient (Wildman–Crippen LogP) is 3.05. The molecule has 1 rings (SSSR count). The van der Waals surface area contributed by atoms with Gasteiger partial charge in [-0.2, -0.15) is 0 Å². The first-order chi connectivity index (χ1) is 22.0. The number of ether oxygens (including phenoxy) is 3. The summed E-state index contributed by atoms with van der Waals surface area (Å²) in [6.45, 7) is 20.1. The third-order valence-electron chi connectivity index (χ3n) is 9.39. The zero-order valence-electron chi connectivity index (χ0n) is 31.7. The monoisotopic (exact) mass is 683 g/mol. The van der Waals surface area contributed by atoms with Gasteiger partial charge < -0.3 is 34.0 Å². The lowest BCUT2D eigenvalue weighted by Gasteiger charge is -2.40. The first-order valence-electron chi connectivity index (χ1n) is 17.1. The maximum absolute atomic E-state index is 14.1. The lowest BCUT2D eigenvalue weighted by atomic mass is 9.92. The maximum atomic E-state index is 14.1. The van der Waals surface area contributed by atoms with E-state index in [1.807, 2.05) is 6.92 Å². The molecular formula is C35H61N3O10. The van der Waals surface area contributed by atoms with E-state index in [-0.39, 0.29) is 6.42 Å². The summed E-state index contributed by atoms with van der Waals surface area (Å²) in [6.07, 6.45) is -3.97. The molecule has 13 heteroatoms. The van der Waals surface area contributed by atoms with E-state index in [4.69, 9.17) is 14.2 Å². The summed E-state index contributed by atoms with van der Waals surface area (Å²) in [6, 6.07) is -3.62. The van der Waals surface area contributed by atoms with Gasteiger partial charge in [0.15, 0.2) is 12.2 Å². The number of carbonyl (C=O) groups excluding carboxylic acids is 6. The second-order valence-electron chi connectivity index (χ2n) is 14.8. The first-order valence-corrected chi connectivity index (χ1v) is 17.1. The van der Waals surface area contributed by atoms with Crippen molar-refractivity contribution >= 4 is 35.6 Å². The molecule has 0 bridgehead atoms. The highest BCUT2D eigenvalue weighted by Crippen LogP contribution is 2.27. The molecule has 0 saturated carbocycles. The molecular weight excluding hydrogens is 622 g/mol. The molecule has 1 N–H and O–H groups in total. The molecule has 276 valence electrons. The number of esters is 3. The van der Waals surface area contributed by atoms with Crippen LogP contribution in [0.3, 0.4) is 0 Å². The number of rotatable bonds is 8. The Bertz CT molecular complexity index is 1170. The molecule has 0 aromatic rings. The van der Waals surface area contributed by atoms with Gasteiger partial charge in [-0.25, -0.2) is 14.4 Å². The van der Waals surface area contributed by atoms with Gasteiger partial charge in [0.25, 0.3) is 17.7 Å². The van der Waals surface area contributed by atoms with E-state index in [9.17, 15) is 33.9 Å². The molecule has 0 spiro atoms. The molecule has 1 aliphatic rings. The third-order valence-corrected chi connectivity index (χ3v) is 9.39. The van der Waals surface area contributed by atoms with E-state index < -0.39 is 107 Å². The second kappa shape index (κ2) is 17.4. The van der Waals surface area contributed by atoms with E-state index in [0.717, 1.165) is 9.80 Å². The fourth-order valence-corrected chi connectivity index (χ4v) is 5.93. The van der Waals surface area contributed by atoms with Gasteiger partial charge in [0.1, 0.15) is 23.7 Å². The van der Waals surface area contributed by atoms with Crippen LogP contribution in [0, 0.1) is 29.6 Å². The minimum atomic E-state index is -1.86. The quantitative estimate of drug-likeness (QED) is 0.298. The number of likely N-dealkylation sites (N-methyl/N-ethyl adjacent to an activating group) is 3. The van der Waals surface area contributed by atoms with Gasteiger partial charge in [-0.3, -0.25) is 14.4 Å². The molecule has 8 atom stereocenters. The van der Waals surface area contributed by atoms with Crippen molar-refractivity contribution in [3.05, 3.63) is 0 Å². The average molecular weight is 684 g/mol. The molecule has 48 heavy (non-hydrogen) atoms. The van der Waals surface area contributed by atoms with Crippen molar-refractivity contribution in [1.29, 1.82) is 0 Å². The Balaban J connectivity index is 4.07. The van der Waals surface area contributed by atoms with Gasteiger partial charge in [0.2, 0.25) is 6.10 Å². The summed E-state index contributed by atoms with van der Waals surface area (Å²) in [4.78, 5) is 87.2. The number of hydrogen-bond donors (Lipinski definition) is 1. The van der Waals surface area contributed by atoms with E-state index in [2.05, 4.69) is 0 Å². The van der Waals surface area contributed by atoms with Crippen LogP contribution in [0.5, 0.6) is 0 Å². The molecule has 0 aliphatic carbocycles. The fourth-order valence-electron chi connectivity index (χ4n) is 5.93. The zero-order chi connectivity index (χ0) is 37.6. The standard InChI is InChI=1S/C35H61N3O10/c1-16-22(11)27-30(40)37(14)23(18(3)4)32(42)46-26(21(9)10)29(39)36(13)25(20(7)8)34(44)48-28(35(12,45)17-2)31(41)38(15)24(19(5)6)33(43)47-27/h18-28,45H,16-17H2,1-15H3/t22-,23-,24-,25-,26+,27+,28-,35+/m0/s1. The Morgan fingerprint density at radius 1 is 0.583 bits per heavy atom. The lowest BCUT2D eigenvalue weighted by molar-refractivity contribution is -0.188. The van der Waals surface area contributed by atoms with Crippen molar-refractivity contribution in [2.24, 2.45) is 29.6 Å². The number of amides is 3. The van der Waals surface area contributed by atoms with Gasteiger partial charge in [-0.1, -0.05) is 76.2 Å². The van der Waals surface area contributed by atoms with Crippen LogP contribution in [-0.2, 0) is 43.0 Å². The Morgan fingerprint density at radius 2 is 0.917 bits per heavy atom. The van der Waals surface area contributed by atoms with Gasteiger partial charge >= 0.3 is 17.9 Å². The van der Waals surface area contributed by atoms with Gasteiger partial charge in [0.05, 0.1) is 0 Å². The predicted molar refractivity (Wildman–Crippen MR) is 179 cm³/mol. The average Bonchev–Trinajstić information content (AvgIpc) is 2.98. The summed E-state index contributed by atoms with van der Waals surface area (Å²) >= 11 is 0. The molecule has 0 radical (unpaired) electrons. The zero-order valence-corrected chi connectivity index (χ0v) is 31.7. The molecule has 0 aromatic carbocycles. The topological polar surface area (TPSA) is 160 Å². The normalized spacial score (nSPS) is 28.4. The second-order valence-corrected chi connectivity index (χ2v) is 14.8. The Labute approximate surface area is 287 Å². The Morgan fingerprint density at radius 3 is 1.25 bits per heavy atom. The van der Waals surface area contributed by atoms with Crippen LogP contribution < -0.4 is 0 Å². The molecule has 13 nitrogen and oxygen atoms in total. The van der Waals surface area contributed by atoms with Crippen LogP contribution in [-0.4, -0.2) is 119 Å². The smallest absolute Gasteiger partial charge is 0.330 e. The summed E-state index contributed by atoms with van der Waals surface area (Å²) in [5.74, 6) is -7.36. The summed E-state index contributed by atoms with van der Waals surface area (Å²) in [5.41, 5.74) is -1.86. The molecule has 1 aliphatic heterocycles. The maximum Gasteiger partial charge on any atom is 0.330 e. The minimum Gasteiger partial charge on any atom is -0.450 e. The van der Waals surface area contributed by atoms with Crippen LogP contribution in [0.1, 0.15) is 95.9 Å². The Hall–Kier alpha value is -3.22. The van der Waals surface area contributed by atoms with Crippen molar-refractivity contribution < 1.29 is 48.1 Å². The third kappa shape index (κ3) is 9.69. The highest BCUT2D eigenvalue weighted by atomic mass is 16.6. The molecule has 1 saturated heterocycles. The van der Waals surface area contributed by atoms with Crippen molar-refractivity contribution in [1.82, 2.24) is 14.7 Å². The number of nitrogens with zero attached hydrogens (tertiary/aromatic N) is 3. The largest absolute Gasteiger partial charge is 0.450 e. The summed E-state index contributed by atoms with van der Waals surface area (Å²) < 4.78 is 17.5. The van der Waals surface area contributed by atoms with Crippen LogP contribution in [0.25, 0.3) is 0 Å². The van der Waals surface area contributed by atoms with Gasteiger partial charge in [0, 0.05) is 27.1 Å². The highest BCUT2D eigenvalue weighted by molar-refractivity contribution is 5.94. The molecule has 3 amide bonds. The highest BCUT2D eigenvalue weighted by Gasteiger charge is 2.48. The van der Waals surface area contributed by atoms with Crippen LogP contribution in [0.15, 0.2) is 0 Å².